The minimum Gasteiger partial charge on any atom is -0.444 e. The average Bonchev–Trinajstić information content (AvgIpc) is 1.66. The van der Waals surface area contributed by atoms with Crippen LogP contribution in [-0.2, 0) is 24.9 Å². The van der Waals surface area contributed by atoms with E-state index in [1.165, 1.54) is 39.0 Å². The molecule has 0 saturated carbocycles. The molecular weight excluding hydrogens is 1530 g/mol. The molecular formula is C92H94BrN19O5. The molecule has 0 bridgehead atoms. The molecule has 117 heavy (non-hydrogen) atoms. The maximum Gasteiger partial charge on any atom is 0.410 e. The summed E-state index contributed by atoms with van der Waals surface area (Å²) in [6, 6.07) is 49.6. The van der Waals surface area contributed by atoms with Crippen LogP contribution in [0.4, 0.5) is 25.8 Å². The first-order valence-electron chi connectivity index (χ1n) is 39.5. The SMILES string of the molecule is Cc1ccc2c(c1)C(C(O)c1cncn1C)=Cc1cccnc1[C@H]2N1CCN(C(=O)OC(C)(C)C)CC1.Cc1ccc2c(c1)C(Cn1ccnc1C)=Cc1cccnc1[C@H]2N1CCN(C(=O)Nc2ccc(C#N)cc2)CC1.Cc1nccn1CC1=Cc2ccccc2C(N2CCN(C(=O)Nc3ccc(C#N)cc3)CC2)c2ncc(Br)cc21. The lowest BCUT2D eigenvalue weighted by atomic mass is 9.89. The lowest BCUT2D eigenvalue weighted by Crippen LogP contribution is -2.51. The van der Waals surface area contributed by atoms with E-state index in [0.717, 1.165) is 97.5 Å². The van der Waals surface area contributed by atoms with Crippen molar-refractivity contribution in [3.05, 3.63) is 307 Å². The Balaban J connectivity index is 0.000000138. The number of nitrogens with zero attached hydrogens (tertiary/aromatic N) is 17. The molecule has 2 unspecified atom stereocenters. The third-order valence-corrected chi connectivity index (χ3v) is 22.9. The number of hydrogen-bond donors (Lipinski definition) is 3. The summed E-state index contributed by atoms with van der Waals surface area (Å²) in [5.41, 5.74) is 21.5. The van der Waals surface area contributed by atoms with Gasteiger partial charge in [0.05, 0.1) is 76.7 Å². The van der Waals surface area contributed by atoms with Crippen molar-refractivity contribution in [2.24, 2.45) is 7.05 Å². The van der Waals surface area contributed by atoms with Crippen molar-refractivity contribution in [2.75, 3.05) is 89.2 Å². The van der Waals surface area contributed by atoms with Crippen LogP contribution < -0.4 is 10.6 Å². The van der Waals surface area contributed by atoms with Gasteiger partial charge in [-0.15, -0.1) is 0 Å². The van der Waals surface area contributed by atoms with Gasteiger partial charge >= 0.3 is 18.2 Å². The van der Waals surface area contributed by atoms with Gasteiger partial charge in [0.2, 0.25) is 0 Å². The predicted octanol–water partition coefficient (Wildman–Crippen LogP) is 15.3. The number of fused-ring (bicyclic) bond motifs is 6. The van der Waals surface area contributed by atoms with Gasteiger partial charge in [-0.2, -0.15) is 10.5 Å². The summed E-state index contributed by atoms with van der Waals surface area (Å²) < 4.78 is 12.7. The molecule has 5 amide bonds. The molecule has 17 rings (SSSR count). The van der Waals surface area contributed by atoms with Gasteiger partial charge in [0.15, 0.2) is 0 Å². The highest BCUT2D eigenvalue weighted by Crippen LogP contribution is 2.46. The highest BCUT2D eigenvalue weighted by atomic mass is 79.9. The van der Waals surface area contributed by atoms with Crippen molar-refractivity contribution in [1.29, 1.82) is 10.5 Å². The first-order valence-corrected chi connectivity index (χ1v) is 40.3. The van der Waals surface area contributed by atoms with E-state index < -0.39 is 11.7 Å². The van der Waals surface area contributed by atoms with Crippen LogP contribution in [0.2, 0.25) is 0 Å². The molecule has 11 aromatic rings. The fraction of sp³-hybridized carbons (Fsp3) is 0.293. The molecule has 594 valence electrons. The third kappa shape index (κ3) is 17.8. The van der Waals surface area contributed by atoms with Gasteiger partial charge in [0.1, 0.15) is 23.4 Å². The lowest BCUT2D eigenvalue weighted by Gasteiger charge is -2.40. The molecule has 3 fully saturated rings. The topological polar surface area (TPSA) is 264 Å². The summed E-state index contributed by atoms with van der Waals surface area (Å²) in [5.74, 6) is 1.95. The summed E-state index contributed by atoms with van der Waals surface area (Å²) in [7, 11) is 1.89. The molecule has 9 heterocycles. The molecule has 6 aromatic heterocycles. The number of anilines is 2. The highest BCUT2D eigenvalue weighted by molar-refractivity contribution is 9.10. The fourth-order valence-electron chi connectivity index (χ4n) is 16.4. The number of imidazole rings is 3. The number of piperazine rings is 3. The standard InChI is InChI=1S/C32H31N7O.C31H28BrN7O.C29H35N5O3/c1-22-5-10-28-29(18-22)26(21-39-13-12-34-23(39)2)19-25-4-3-11-35-30(25)31(28)37-14-16-38(17-15-37)32(40)36-27-8-6-24(20-33)7-9-27;1-21-34-10-11-39(21)20-24-16-23-4-2-3-5-27(23)30(29-28(24)17-25(32)19-35-29)37-12-14-38(15-13-37)31(40)36-26-8-6-22(18-33)7-9-26;1-19-8-9-21-22(15-19)23(27(35)24-17-30-18-32(24)5)16-20-7-6-10-31-25(20)26(21)33-11-13-34(14-12-33)28(36)37-29(2,3)4/h3-13,18-19,31H,14-17,21H2,1-2H3,(H,36,40);2-11,16-17,19,30H,12-15,20H2,1H3,(H,36,40);6-10,15-18,26-27,35H,11-14H2,1-5H3/t31-;;26-,27?/m0.0/s1. The molecule has 4 atom stereocenters. The van der Waals surface area contributed by atoms with Gasteiger partial charge in [-0.1, -0.05) is 83.9 Å². The lowest BCUT2D eigenvalue weighted by molar-refractivity contribution is 0.0117. The number of halogens is 1. The van der Waals surface area contributed by atoms with E-state index in [0.29, 0.717) is 94.5 Å². The first-order chi connectivity index (χ1) is 56.6. The Morgan fingerprint density at radius 3 is 1.49 bits per heavy atom. The number of allylic oxidation sites excluding steroid dienone is 2. The van der Waals surface area contributed by atoms with Crippen molar-refractivity contribution in [1.82, 2.24) is 73.0 Å². The summed E-state index contributed by atoms with van der Waals surface area (Å²) in [6.07, 6.45) is 22.2. The van der Waals surface area contributed by atoms with Crippen LogP contribution in [0.25, 0.3) is 34.9 Å². The Labute approximate surface area is 690 Å². The van der Waals surface area contributed by atoms with Gasteiger partial charge in [-0.3, -0.25) is 29.7 Å². The summed E-state index contributed by atoms with van der Waals surface area (Å²) >= 11 is 3.66. The van der Waals surface area contributed by atoms with Gasteiger partial charge < -0.3 is 48.9 Å². The Morgan fingerprint density at radius 1 is 0.521 bits per heavy atom. The predicted molar refractivity (Wildman–Crippen MR) is 456 cm³/mol. The number of urea groups is 2. The largest absolute Gasteiger partial charge is 0.444 e. The average molecular weight is 1630 g/mol. The number of carbonyl (C=O) groups is 3. The van der Waals surface area contributed by atoms with Crippen molar-refractivity contribution < 1.29 is 24.2 Å². The zero-order valence-electron chi connectivity index (χ0n) is 67.0. The Kier molecular flexibility index (Phi) is 23.8. The van der Waals surface area contributed by atoms with E-state index >= 15 is 0 Å². The normalized spacial score (nSPS) is 17.5. The number of aliphatic hydroxyl groups is 1. The van der Waals surface area contributed by atoms with Crippen LogP contribution in [0, 0.1) is 50.4 Å². The second-order valence-corrected chi connectivity index (χ2v) is 32.2. The molecule has 25 heteroatoms. The Bertz CT molecular complexity index is 5440. The zero-order valence-corrected chi connectivity index (χ0v) is 68.6. The number of aliphatic hydroxyl groups excluding tert-OH is 1. The zero-order chi connectivity index (χ0) is 81.6. The Hall–Kier alpha value is -12.5. The number of nitriles is 2. The van der Waals surface area contributed by atoms with E-state index in [4.69, 9.17) is 30.2 Å². The smallest absolute Gasteiger partial charge is 0.410 e. The van der Waals surface area contributed by atoms with Crippen LogP contribution in [0.5, 0.6) is 0 Å². The van der Waals surface area contributed by atoms with E-state index in [-0.39, 0.29) is 36.3 Å². The van der Waals surface area contributed by atoms with E-state index in [1.54, 1.807) is 66.0 Å². The van der Waals surface area contributed by atoms with E-state index in [2.05, 4.69) is 188 Å². The highest BCUT2D eigenvalue weighted by Gasteiger charge is 2.39. The van der Waals surface area contributed by atoms with Crippen molar-refractivity contribution in [3.63, 3.8) is 0 Å². The second-order valence-electron chi connectivity index (χ2n) is 31.3. The summed E-state index contributed by atoms with van der Waals surface area (Å²) in [6.45, 7) is 23.2. The number of aromatic nitrogens is 9. The summed E-state index contributed by atoms with van der Waals surface area (Å²) in [5, 5.41) is 35.5. The van der Waals surface area contributed by atoms with Crippen LogP contribution in [0.1, 0.15) is 152 Å². The number of hydrogen-bond acceptors (Lipinski definition) is 16. The molecule has 3 saturated heterocycles. The first kappa shape index (κ1) is 79.7. The molecule has 3 N–H and O–H groups in total. The number of ether oxygens (including phenoxy) is 1. The number of benzene rings is 5. The van der Waals surface area contributed by atoms with Gasteiger partial charge in [-0.05, 0) is 211 Å². The van der Waals surface area contributed by atoms with Crippen LogP contribution in [0.15, 0.2) is 200 Å². The molecule has 24 nitrogen and oxygen atoms in total. The third-order valence-electron chi connectivity index (χ3n) is 22.4. The van der Waals surface area contributed by atoms with Gasteiger partial charge in [0.25, 0.3) is 0 Å². The number of aryl methyl sites for hydroxylation is 5. The van der Waals surface area contributed by atoms with Crippen molar-refractivity contribution >= 4 is 80.4 Å². The number of amides is 5. The van der Waals surface area contributed by atoms with Gasteiger partial charge in [-0.25, -0.2) is 29.3 Å². The fourth-order valence-corrected chi connectivity index (χ4v) is 16.7. The van der Waals surface area contributed by atoms with Crippen molar-refractivity contribution in [2.45, 2.75) is 91.4 Å². The molecule has 3 aliphatic carbocycles. The summed E-state index contributed by atoms with van der Waals surface area (Å²) in [4.78, 5) is 79.3. The maximum absolute atomic E-state index is 13.0. The van der Waals surface area contributed by atoms with E-state index in [1.807, 2.05) is 112 Å². The molecule has 5 aromatic carbocycles. The molecule has 3 aliphatic heterocycles. The molecule has 0 radical (unpaired) electrons. The number of rotatable bonds is 11. The second kappa shape index (κ2) is 34.9. The van der Waals surface area contributed by atoms with Crippen LogP contribution in [-0.4, -0.2) is 180 Å². The van der Waals surface area contributed by atoms with Crippen molar-refractivity contribution in [3.8, 4) is 12.1 Å². The van der Waals surface area contributed by atoms with Crippen LogP contribution >= 0.6 is 15.9 Å². The van der Waals surface area contributed by atoms with E-state index in [9.17, 15) is 19.5 Å². The Morgan fingerprint density at radius 2 is 0.991 bits per heavy atom. The number of pyridine rings is 3. The minimum atomic E-state index is -0.844. The minimum absolute atomic E-state index is 0.0202. The quantitative estimate of drug-likeness (QED) is 0.109. The number of nitrogens with one attached hydrogen (secondary N) is 2. The van der Waals surface area contributed by atoms with Crippen LogP contribution in [0.3, 0.4) is 0 Å². The van der Waals surface area contributed by atoms with Gasteiger partial charge in [0, 0.05) is 163 Å². The maximum atomic E-state index is 13.0. The monoisotopic (exact) mass is 1620 g/mol. The number of carbonyl (C=O) groups excluding carboxylic acids is 3. The molecule has 0 spiro atoms. The molecule has 6 aliphatic rings.